The molecule has 0 aliphatic carbocycles. The number of amides is 5. The number of imide groups is 1. The zero-order valence-electron chi connectivity index (χ0n) is 16.1. The van der Waals surface area contributed by atoms with E-state index in [-0.39, 0.29) is 10.9 Å². The number of hydrogen-bond acceptors (Lipinski definition) is 4. The Balaban J connectivity index is 1.70. The molecule has 1 heterocycles. The van der Waals surface area contributed by atoms with Gasteiger partial charge in [0, 0.05) is 33.9 Å². The minimum atomic E-state index is -1.42. The molecule has 0 bridgehead atoms. The fourth-order valence-electron chi connectivity index (χ4n) is 3.10. The highest BCUT2D eigenvalue weighted by Gasteiger charge is 2.50. The second kappa shape index (κ2) is 8.33. The minimum Gasteiger partial charge on any atom is -0.326 e. The third-order valence-corrected chi connectivity index (χ3v) is 5.08. The second-order valence-electron chi connectivity index (χ2n) is 6.88. The average Bonchev–Trinajstić information content (AvgIpc) is 2.86. The molecule has 1 aliphatic heterocycles. The molecule has 30 heavy (non-hydrogen) atoms. The molecular formula is C20H18Cl2N4O4. The zero-order chi connectivity index (χ0) is 22.1. The van der Waals surface area contributed by atoms with E-state index in [2.05, 4.69) is 16.0 Å². The molecule has 2 aromatic rings. The lowest BCUT2D eigenvalue weighted by atomic mass is 9.92. The van der Waals surface area contributed by atoms with Crippen LogP contribution in [0.5, 0.6) is 0 Å². The molecule has 5 amide bonds. The van der Waals surface area contributed by atoms with E-state index in [9.17, 15) is 19.2 Å². The number of benzene rings is 2. The van der Waals surface area contributed by atoms with Crippen LogP contribution >= 0.6 is 23.2 Å². The van der Waals surface area contributed by atoms with Crippen molar-refractivity contribution in [2.75, 3.05) is 17.2 Å². The summed E-state index contributed by atoms with van der Waals surface area (Å²) in [7, 11) is 0. The fraction of sp³-hybridized carbons (Fsp3) is 0.200. The predicted molar refractivity (Wildman–Crippen MR) is 113 cm³/mol. The van der Waals surface area contributed by atoms with Crippen LogP contribution in [-0.2, 0) is 19.9 Å². The van der Waals surface area contributed by atoms with Crippen LogP contribution in [0, 0.1) is 0 Å². The van der Waals surface area contributed by atoms with Crippen LogP contribution in [-0.4, -0.2) is 35.2 Å². The molecule has 8 nitrogen and oxygen atoms in total. The smallest absolute Gasteiger partial charge is 0.325 e. The van der Waals surface area contributed by atoms with Crippen molar-refractivity contribution in [1.82, 2.24) is 10.2 Å². The minimum absolute atomic E-state index is 0.214. The summed E-state index contributed by atoms with van der Waals surface area (Å²) in [5.74, 6) is -1.38. The largest absolute Gasteiger partial charge is 0.326 e. The maximum absolute atomic E-state index is 12.9. The van der Waals surface area contributed by atoms with Crippen molar-refractivity contribution in [3.8, 4) is 0 Å². The molecule has 1 atom stereocenters. The Kier molecular flexibility index (Phi) is 6.00. The molecule has 156 valence electrons. The Labute approximate surface area is 182 Å². The number of urea groups is 1. The van der Waals surface area contributed by atoms with Crippen molar-refractivity contribution < 1.29 is 19.2 Å². The van der Waals surface area contributed by atoms with Crippen LogP contribution in [0.2, 0.25) is 10.0 Å². The summed E-state index contributed by atoms with van der Waals surface area (Å²) in [6.07, 6.45) is 0. The lowest BCUT2D eigenvalue weighted by Crippen LogP contribution is -2.42. The van der Waals surface area contributed by atoms with Gasteiger partial charge in [-0.3, -0.25) is 19.3 Å². The van der Waals surface area contributed by atoms with Crippen molar-refractivity contribution in [3.63, 3.8) is 0 Å². The Morgan fingerprint density at radius 1 is 1.03 bits per heavy atom. The van der Waals surface area contributed by atoms with Gasteiger partial charge in [-0.15, -0.1) is 0 Å². The Morgan fingerprint density at radius 2 is 1.63 bits per heavy atom. The molecule has 2 aromatic carbocycles. The van der Waals surface area contributed by atoms with Gasteiger partial charge >= 0.3 is 6.03 Å². The molecule has 1 unspecified atom stereocenters. The molecule has 1 fully saturated rings. The lowest BCUT2D eigenvalue weighted by molar-refractivity contribution is -0.133. The van der Waals surface area contributed by atoms with Crippen molar-refractivity contribution >= 4 is 58.3 Å². The second-order valence-corrected chi connectivity index (χ2v) is 7.72. The first-order valence-electron chi connectivity index (χ1n) is 8.87. The van der Waals surface area contributed by atoms with E-state index < -0.39 is 29.9 Å². The molecule has 3 rings (SSSR count). The Bertz CT molecular complexity index is 1040. The maximum Gasteiger partial charge on any atom is 0.325 e. The lowest BCUT2D eigenvalue weighted by Gasteiger charge is -2.23. The van der Waals surface area contributed by atoms with Gasteiger partial charge in [0.15, 0.2) is 0 Å². The number of hydrogen-bond donors (Lipinski definition) is 3. The van der Waals surface area contributed by atoms with Gasteiger partial charge in [-0.1, -0.05) is 29.3 Å². The van der Waals surface area contributed by atoms with E-state index >= 15 is 0 Å². The van der Waals surface area contributed by atoms with E-state index in [0.29, 0.717) is 22.0 Å². The van der Waals surface area contributed by atoms with Crippen LogP contribution < -0.4 is 16.0 Å². The van der Waals surface area contributed by atoms with Crippen LogP contribution in [0.4, 0.5) is 16.2 Å². The van der Waals surface area contributed by atoms with E-state index in [0.717, 1.165) is 4.90 Å². The van der Waals surface area contributed by atoms with E-state index in [1.54, 1.807) is 36.4 Å². The first-order valence-corrected chi connectivity index (χ1v) is 9.63. The van der Waals surface area contributed by atoms with Gasteiger partial charge in [0.2, 0.25) is 11.8 Å². The molecule has 0 radical (unpaired) electrons. The quantitative estimate of drug-likeness (QED) is 0.609. The zero-order valence-corrected chi connectivity index (χ0v) is 17.6. The number of carbonyl (C=O) groups excluding carboxylic acids is 4. The van der Waals surface area contributed by atoms with Crippen molar-refractivity contribution in [2.45, 2.75) is 19.4 Å². The molecule has 3 N–H and O–H groups in total. The average molecular weight is 449 g/mol. The topological polar surface area (TPSA) is 108 Å². The van der Waals surface area contributed by atoms with Gasteiger partial charge in [-0.05, 0) is 43.3 Å². The van der Waals surface area contributed by atoms with Crippen molar-refractivity contribution in [3.05, 3.63) is 58.1 Å². The van der Waals surface area contributed by atoms with Gasteiger partial charge in [-0.2, -0.15) is 0 Å². The van der Waals surface area contributed by atoms with Crippen LogP contribution in [0.15, 0.2) is 42.5 Å². The van der Waals surface area contributed by atoms with E-state index in [1.165, 1.54) is 19.9 Å². The third-order valence-electron chi connectivity index (χ3n) is 4.54. The van der Waals surface area contributed by atoms with Crippen molar-refractivity contribution in [1.29, 1.82) is 0 Å². The van der Waals surface area contributed by atoms with E-state index in [4.69, 9.17) is 23.2 Å². The van der Waals surface area contributed by atoms with Crippen LogP contribution in [0.1, 0.15) is 19.4 Å². The number of nitrogens with one attached hydrogen (secondary N) is 3. The molecule has 1 aliphatic rings. The van der Waals surface area contributed by atoms with E-state index in [1.807, 2.05) is 0 Å². The summed E-state index contributed by atoms with van der Waals surface area (Å²) >= 11 is 12.1. The summed E-state index contributed by atoms with van der Waals surface area (Å²) in [6, 6.07) is 10.3. The van der Waals surface area contributed by atoms with Gasteiger partial charge < -0.3 is 16.0 Å². The van der Waals surface area contributed by atoms with Gasteiger partial charge in [0.05, 0.1) is 0 Å². The third kappa shape index (κ3) is 4.39. The number of rotatable bonds is 5. The number of halogens is 2. The number of carbonyl (C=O) groups is 4. The van der Waals surface area contributed by atoms with Gasteiger partial charge in [0.1, 0.15) is 12.1 Å². The molecular weight excluding hydrogens is 431 g/mol. The fourth-order valence-corrected chi connectivity index (χ4v) is 3.70. The highest BCUT2D eigenvalue weighted by atomic mass is 35.5. The Morgan fingerprint density at radius 3 is 2.20 bits per heavy atom. The van der Waals surface area contributed by atoms with Gasteiger partial charge in [-0.25, -0.2) is 4.79 Å². The summed E-state index contributed by atoms with van der Waals surface area (Å²) in [6.45, 7) is 2.43. The SMILES string of the molecule is CC(=O)Nc1ccc(NC(=O)CN2C(=O)NC(C)(c3ccc(Cl)cc3Cl)C2=O)cc1. The molecule has 0 aromatic heterocycles. The number of nitrogens with zero attached hydrogens (tertiary/aromatic N) is 1. The molecule has 1 saturated heterocycles. The van der Waals surface area contributed by atoms with Crippen LogP contribution in [0.25, 0.3) is 0 Å². The summed E-state index contributed by atoms with van der Waals surface area (Å²) in [5, 5.41) is 8.43. The maximum atomic E-state index is 12.9. The number of anilines is 2. The summed E-state index contributed by atoms with van der Waals surface area (Å²) in [5.41, 5.74) is -0.0165. The molecule has 10 heteroatoms. The first-order chi connectivity index (χ1) is 14.1. The summed E-state index contributed by atoms with van der Waals surface area (Å²) < 4.78 is 0. The van der Waals surface area contributed by atoms with Crippen molar-refractivity contribution in [2.24, 2.45) is 0 Å². The monoisotopic (exact) mass is 448 g/mol. The van der Waals surface area contributed by atoms with Gasteiger partial charge in [0.25, 0.3) is 5.91 Å². The molecule has 0 spiro atoms. The highest BCUT2D eigenvalue weighted by Crippen LogP contribution is 2.34. The normalized spacial score (nSPS) is 18.2. The van der Waals surface area contributed by atoms with Crippen LogP contribution in [0.3, 0.4) is 0 Å². The summed E-state index contributed by atoms with van der Waals surface area (Å²) in [4.78, 5) is 49.6. The standard InChI is InChI=1S/C20H18Cl2N4O4/c1-11(27)23-13-4-6-14(7-5-13)24-17(28)10-26-18(29)20(2,25-19(26)30)15-8-3-12(21)9-16(15)22/h3-9H,10H2,1-2H3,(H,23,27)(H,24,28)(H,25,30). The first kappa shape index (κ1) is 21.6. The molecule has 0 saturated carbocycles. The highest BCUT2D eigenvalue weighted by molar-refractivity contribution is 6.35. The Hall–Kier alpha value is -3.10. The predicted octanol–water partition coefficient (Wildman–Crippen LogP) is 3.36.